The van der Waals surface area contributed by atoms with Crippen molar-refractivity contribution in [3.05, 3.63) is 34.4 Å². The third-order valence-electron chi connectivity index (χ3n) is 3.78. The van der Waals surface area contributed by atoms with Gasteiger partial charge in [0.15, 0.2) is 0 Å². The Labute approximate surface area is 148 Å². The third-order valence-corrected chi connectivity index (χ3v) is 4.63. The molecule has 0 atom stereocenters. The number of hydrogen-bond donors (Lipinski definition) is 1. The minimum absolute atomic E-state index is 0.00526. The normalized spacial score (nSPS) is 14.4. The van der Waals surface area contributed by atoms with E-state index in [1.807, 2.05) is 0 Å². The Balaban J connectivity index is 1.70. The van der Waals surface area contributed by atoms with E-state index in [4.69, 9.17) is 4.74 Å². The van der Waals surface area contributed by atoms with E-state index < -0.39 is 5.82 Å². The average Bonchev–Trinajstić information content (AvgIpc) is 3.03. The largest absolute Gasteiger partial charge is 0.378 e. The predicted molar refractivity (Wildman–Crippen MR) is 92.9 cm³/mol. The number of nitrogens with zero attached hydrogens (tertiary/aromatic N) is 2. The van der Waals surface area contributed by atoms with Gasteiger partial charge in [-0.2, -0.15) is 0 Å². The number of halogens is 1. The van der Waals surface area contributed by atoms with Crippen molar-refractivity contribution >= 4 is 28.8 Å². The maximum absolute atomic E-state index is 14.3. The van der Waals surface area contributed by atoms with Crippen molar-refractivity contribution in [2.45, 2.75) is 13.3 Å². The van der Waals surface area contributed by atoms with Gasteiger partial charge in [0.25, 0.3) is 0 Å². The summed E-state index contributed by atoms with van der Waals surface area (Å²) in [6.07, 6.45) is 0.205. The SMILES string of the molecule is CC(=O)Nc1ccc(-c2csc(CC(=O)N3CCOCC3)n2)c(F)c1. The second-order valence-electron chi connectivity index (χ2n) is 5.67. The van der Waals surface area contributed by atoms with Crippen LogP contribution >= 0.6 is 11.3 Å². The van der Waals surface area contributed by atoms with Gasteiger partial charge in [-0.3, -0.25) is 9.59 Å². The molecule has 0 unspecified atom stereocenters. The molecule has 1 aromatic carbocycles. The van der Waals surface area contributed by atoms with Crippen molar-refractivity contribution in [1.82, 2.24) is 9.88 Å². The minimum Gasteiger partial charge on any atom is -0.378 e. The van der Waals surface area contributed by atoms with Gasteiger partial charge in [0, 0.05) is 36.6 Å². The molecule has 0 radical (unpaired) electrons. The summed E-state index contributed by atoms with van der Waals surface area (Å²) in [6.45, 7) is 3.66. The first-order chi connectivity index (χ1) is 12.0. The zero-order valence-corrected chi connectivity index (χ0v) is 14.6. The van der Waals surface area contributed by atoms with E-state index in [0.717, 1.165) is 0 Å². The Kier molecular flexibility index (Phi) is 5.40. The van der Waals surface area contributed by atoms with Gasteiger partial charge in [-0.25, -0.2) is 9.37 Å². The topological polar surface area (TPSA) is 71.5 Å². The van der Waals surface area contributed by atoms with Crippen molar-refractivity contribution in [1.29, 1.82) is 0 Å². The highest BCUT2D eigenvalue weighted by molar-refractivity contribution is 7.10. The quantitative estimate of drug-likeness (QED) is 0.905. The molecule has 2 aromatic rings. The van der Waals surface area contributed by atoms with Crippen molar-refractivity contribution < 1.29 is 18.7 Å². The number of nitrogens with one attached hydrogen (secondary N) is 1. The lowest BCUT2D eigenvalue weighted by Crippen LogP contribution is -2.41. The maximum Gasteiger partial charge on any atom is 0.229 e. The summed E-state index contributed by atoms with van der Waals surface area (Å²) < 4.78 is 19.5. The maximum atomic E-state index is 14.3. The fourth-order valence-electron chi connectivity index (χ4n) is 2.57. The van der Waals surface area contributed by atoms with Gasteiger partial charge in [-0.15, -0.1) is 11.3 Å². The molecule has 6 nitrogen and oxygen atoms in total. The number of ether oxygens (including phenoxy) is 1. The highest BCUT2D eigenvalue weighted by Gasteiger charge is 2.19. The molecule has 8 heteroatoms. The molecular weight excluding hydrogens is 345 g/mol. The van der Waals surface area contributed by atoms with Crippen LogP contribution in [0.25, 0.3) is 11.3 Å². The van der Waals surface area contributed by atoms with Crippen LogP contribution in [-0.4, -0.2) is 48.0 Å². The van der Waals surface area contributed by atoms with Crippen molar-refractivity contribution in [3.63, 3.8) is 0 Å². The molecule has 1 aliphatic heterocycles. The van der Waals surface area contributed by atoms with Crippen LogP contribution in [0.1, 0.15) is 11.9 Å². The van der Waals surface area contributed by atoms with Gasteiger partial charge in [0.2, 0.25) is 11.8 Å². The summed E-state index contributed by atoms with van der Waals surface area (Å²) in [5, 5.41) is 4.92. The van der Waals surface area contributed by atoms with Crippen molar-refractivity contribution in [2.75, 3.05) is 31.6 Å². The van der Waals surface area contributed by atoms with E-state index in [-0.39, 0.29) is 18.2 Å². The minimum atomic E-state index is -0.470. The van der Waals surface area contributed by atoms with Crippen LogP contribution in [-0.2, 0) is 20.7 Å². The number of thiazole rings is 1. The molecule has 1 fully saturated rings. The number of rotatable bonds is 4. The Morgan fingerprint density at radius 2 is 2.12 bits per heavy atom. The number of aromatic nitrogens is 1. The van der Waals surface area contributed by atoms with Gasteiger partial charge in [-0.1, -0.05) is 0 Å². The molecule has 0 saturated carbocycles. The molecule has 25 heavy (non-hydrogen) atoms. The Bertz CT molecular complexity index is 787. The second kappa shape index (κ2) is 7.71. The van der Waals surface area contributed by atoms with Crippen LogP contribution in [0, 0.1) is 5.82 Å². The monoisotopic (exact) mass is 363 g/mol. The zero-order valence-electron chi connectivity index (χ0n) is 13.8. The Hall–Kier alpha value is -2.32. The molecule has 1 aliphatic rings. The highest BCUT2D eigenvalue weighted by atomic mass is 32.1. The molecule has 1 aromatic heterocycles. The first-order valence-electron chi connectivity index (χ1n) is 7.90. The number of carbonyl (C=O) groups is 2. The second-order valence-corrected chi connectivity index (χ2v) is 6.61. The molecule has 2 amide bonds. The van der Waals surface area contributed by atoms with Crippen LogP contribution < -0.4 is 5.32 Å². The van der Waals surface area contributed by atoms with Crippen LogP contribution in [0.15, 0.2) is 23.6 Å². The lowest BCUT2D eigenvalue weighted by Gasteiger charge is -2.26. The summed E-state index contributed by atoms with van der Waals surface area (Å²) in [4.78, 5) is 29.4. The Morgan fingerprint density at radius 1 is 1.36 bits per heavy atom. The van der Waals surface area contributed by atoms with Crippen LogP contribution in [0.4, 0.5) is 10.1 Å². The fraction of sp³-hybridized carbons (Fsp3) is 0.353. The summed E-state index contributed by atoms with van der Waals surface area (Å²) in [5.41, 5.74) is 1.23. The van der Waals surface area contributed by atoms with Crippen LogP contribution in [0.3, 0.4) is 0 Å². The van der Waals surface area contributed by atoms with Gasteiger partial charge in [0.05, 0.1) is 25.3 Å². The number of amides is 2. The average molecular weight is 363 g/mol. The van der Waals surface area contributed by atoms with Crippen LogP contribution in [0.2, 0.25) is 0 Å². The third kappa shape index (κ3) is 4.40. The van der Waals surface area contributed by atoms with E-state index in [1.165, 1.54) is 24.3 Å². The summed E-state index contributed by atoms with van der Waals surface area (Å²) in [5.74, 6) is -0.724. The van der Waals surface area contributed by atoms with Crippen LogP contribution in [0.5, 0.6) is 0 Å². The molecular formula is C17H18FN3O3S. The van der Waals surface area contributed by atoms with E-state index in [9.17, 15) is 14.0 Å². The zero-order chi connectivity index (χ0) is 17.8. The summed E-state index contributed by atoms with van der Waals surface area (Å²) in [6, 6.07) is 4.45. The van der Waals surface area contributed by atoms with Gasteiger partial charge < -0.3 is 15.0 Å². The number of carbonyl (C=O) groups excluding carboxylic acids is 2. The van der Waals surface area contributed by atoms with Crippen molar-refractivity contribution in [3.8, 4) is 11.3 Å². The van der Waals surface area contributed by atoms with Gasteiger partial charge in [-0.05, 0) is 18.2 Å². The van der Waals surface area contributed by atoms with Crippen molar-refractivity contribution in [2.24, 2.45) is 0 Å². The fourth-order valence-corrected chi connectivity index (χ4v) is 3.36. The molecule has 0 aliphatic carbocycles. The lowest BCUT2D eigenvalue weighted by atomic mass is 10.1. The lowest BCUT2D eigenvalue weighted by molar-refractivity contribution is -0.134. The number of anilines is 1. The summed E-state index contributed by atoms with van der Waals surface area (Å²) >= 11 is 1.33. The number of hydrogen-bond acceptors (Lipinski definition) is 5. The smallest absolute Gasteiger partial charge is 0.229 e. The summed E-state index contributed by atoms with van der Waals surface area (Å²) in [7, 11) is 0. The van der Waals surface area contributed by atoms with E-state index in [2.05, 4.69) is 10.3 Å². The molecule has 3 rings (SSSR count). The van der Waals surface area contributed by atoms with E-state index >= 15 is 0 Å². The highest BCUT2D eigenvalue weighted by Crippen LogP contribution is 2.27. The first kappa shape index (κ1) is 17.5. The molecule has 0 bridgehead atoms. The van der Waals surface area contributed by atoms with E-state index in [0.29, 0.717) is 48.3 Å². The standard InChI is InChI=1S/C17H18FN3O3S/c1-11(22)19-12-2-3-13(14(18)8-12)15-10-25-16(20-15)9-17(23)21-4-6-24-7-5-21/h2-3,8,10H,4-7,9H2,1H3,(H,19,22). The first-order valence-corrected chi connectivity index (χ1v) is 8.78. The predicted octanol–water partition coefficient (Wildman–Crippen LogP) is 2.31. The van der Waals surface area contributed by atoms with Gasteiger partial charge in [0.1, 0.15) is 10.8 Å². The molecule has 132 valence electrons. The number of benzene rings is 1. The molecule has 0 spiro atoms. The number of morpholine rings is 1. The molecule has 1 N–H and O–H groups in total. The molecule has 1 saturated heterocycles. The Morgan fingerprint density at radius 3 is 2.80 bits per heavy atom. The molecule has 2 heterocycles. The van der Waals surface area contributed by atoms with Gasteiger partial charge >= 0.3 is 0 Å². The van der Waals surface area contributed by atoms with E-state index in [1.54, 1.807) is 22.4 Å².